The molecule has 0 heterocycles. The lowest BCUT2D eigenvalue weighted by atomic mass is 10.0. The summed E-state index contributed by atoms with van der Waals surface area (Å²) in [5.74, 6) is 0.122. The number of hydrogen-bond acceptors (Lipinski definition) is 3. The van der Waals surface area contributed by atoms with Gasteiger partial charge in [-0.3, -0.25) is 9.59 Å². The molecule has 4 nitrogen and oxygen atoms in total. The van der Waals surface area contributed by atoms with E-state index in [2.05, 4.69) is 5.32 Å². The minimum Gasteiger partial charge on any atom is -0.484 e. The third-order valence-corrected chi connectivity index (χ3v) is 3.54. The SMILES string of the molecule is CC(=O)[C@H](Cc1ccccc1)NC(=O)COc1ccc(Cl)cc1. The van der Waals surface area contributed by atoms with Crippen LogP contribution in [0.3, 0.4) is 0 Å². The fraction of sp³-hybridized carbons (Fsp3) is 0.222. The predicted molar refractivity (Wildman–Crippen MR) is 89.7 cm³/mol. The van der Waals surface area contributed by atoms with E-state index < -0.39 is 6.04 Å². The van der Waals surface area contributed by atoms with E-state index >= 15 is 0 Å². The van der Waals surface area contributed by atoms with Gasteiger partial charge in [-0.2, -0.15) is 0 Å². The first-order valence-corrected chi connectivity index (χ1v) is 7.64. The number of benzene rings is 2. The maximum absolute atomic E-state index is 12.0. The Labute approximate surface area is 140 Å². The van der Waals surface area contributed by atoms with E-state index in [0.29, 0.717) is 17.2 Å². The van der Waals surface area contributed by atoms with Crippen molar-refractivity contribution in [2.75, 3.05) is 6.61 Å². The Morgan fingerprint density at radius 2 is 1.74 bits per heavy atom. The summed E-state index contributed by atoms with van der Waals surface area (Å²) in [6, 6.07) is 15.7. The molecule has 0 saturated carbocycles. The van der Waals surface area contributed by atoms with E-state index in [4.69, 9.17) is 16.3 Å². The molecule has 0 radical (unpaired) electrons. The van der Waals surface area contributed by atoms with Crippen molar-refractivity contribution in [3.8, 4) is 5.75 Å². The highest BCUT2D eigenvalue weighted by atomic mass is 35.5. The number of nitrogens with one attached hydrogen (secondary N) is 1. The van der Waals surface area contributed by atoms with Gasteiger partial charge in [0.1, 0.15) is 5.75 Å². The van der Waals surface area contributed by atoms with Gasteiger partial charge >= 0.3 is 0 Å². The van der Waals surface area contributed by atoms with Crippen LogP contribution in [0, 0.1) is 0 Å². The van der Waals surface area contributed by atoms with E-state index in [1.54, 1.807) is 24.3 Å². The second-order valence-corrected chi connectivity index (χ2v) is 5.60. The Bertz CT molecular complexity index is 656. The van der Waals surface area contributed by atoms with Crippen LogP contribution in [-0.2, 0) is 16.0 Å². The molecule has 0 fully saturated rings. The zero-order valence-electron chi connectivity index (χ0n) is 12.8. The van der Waals surface area contributed by atoms with Gasteiger partial charge in [-0.15, -0.1) is 0 Å². The smallest absolute Gasteiger partial charge is 0.258 e. The number of Topliss-reactive ketones (excluding diaryl/α,β-unsaturated/α-hetero) is 1. The molecule has 0 aliphatic rings. The van der Waals surface area contributed by atoms with Crippen LogP contribution in [-0.4, -0.2) is 24.3 Å². The van der Waals surface area contributed by atoms with E-state index in [-0.39, 0.29) is 18.3 Å². The molecule has 1 amide bonds. The van der Waals surface area contributed by atoms with Crippen molar-refractivity contribution in [3.63, 3.8) is 0 Å². The van der Waals surface area contributed by atoms with E-state index in [0.717, 1.165) is 5.56 Å². The Kier molecular flexibility index (Phi) is 6.18. The van der Waals surface area contributed by atoms with E-state index in [9.17, 15) is 9.59 Å². The summed E-state index contributed by atoms with van der Waals surface area (Å²) in [6.07, 6.45) is 0.461. The molecule has 2 aromatic rings. The van der Waals surface area contributed by atoms with E-state index in [1.165, 1.54) is 6.92 Å². The fourth-order valence-electron chi connectivity index (χ4n) is 2.06. The number of carbonyl (C=O) groups excluding carboxylic acids is 2. The van der Waals surface area contributed by atoms with Crippen LogP contribution in [0.25, 0.3) is 0 Å². The van der Waals surface area contributed by atoms with E-state index in [1.807, 2.05) is 30.3 Å². The lowest BCUT2D eigenvalue weighted by molar-refractivity contribution is -0.128. The summed E-state index contributed by atoms with van der Waals surface area (Å²) in [5.41, 5.74) is 0.992. The first kappa shape index (κ1) is 17.0. The number of rotatable bonds is 7. The molecule has 0 unspecified atom stereocenters. The molecular formula is C18H18ClNO3. The standard InChI is InChI=1S/C18H18ClNO3/c1-13(21)17(11-14-5-3-2-4-6-14)20-18(22)12-23-16-9-7-15(19)8-10-16/h2-10,17H,11-12H2,1H3,(H,20,22)/t17-/m0/s1. The van der Waals surface area contributed by atoms with Crippen LogP contribution in [0.4, 0.5) is 0 Å². The van der Waals surface area contributed by atoms with Crippen LogP contribution in [0.5, 0.6) is 5.75 Å². The number of carbonyl (C=O) groups is 2. The molecule has 0 saturated heterocycles. The molecule has 0 aliphatic heterocycles. The van der Waals surface area contributed by atoms with Crippen LogP contribution in [0.15, 0.2) is 54.6 Å². The summed E-state index contributed by atoms with van der Waals surface area (Å²) >= 11 is 5.78. The third-order valence-electron chi connectivity index (χ3n) is 3.29. The zero-order valence-corrected chi connectivity index (χ0v) is 13.5. The molecule has 1 N–H and O–H groups in total. The fourth-order valence-corrected chi connectivity index (χ4v) is 2.19. The zero-order chi connectivity index (χ0) is 16.7. The second kappa shape index (κ2) is 8.34. The van der Waals surface area contributed by atoms with Crippen molar-refractivity contribution in [1.29, 1.82) is 0 Å². The van der Waals surface area contributed by atoms with Gasteiger partial charge in [-0.1, -0.05) is 41.9 Å². The minimum atomic E-state index is -0.557. The quantitative estimate of drug-likeness (QED) is 0.848. The van der Waals surface area contributed by atoms with Crippen LogP contribution in [0.2, 0.25) is 5.02 Å². The summed E-state index contributed by atoms with van der Waals surface area (Å²) in [6.45, 7) is 1.31. The normalized spacial score (nSPS) is 11.6. The van der Waals surface area contributed by atoms with Gasteiger partial charge in [-0.05, 0) is 43.2 Å². The van der Waals surface area contributed by atoms with Gasteiger partial charge in [0.2, 0.25) is 0 Å². The molecule has 2 aromatic carbocycles. The molecule has 0 aromatic heterocycles. The topological polar surface area (TPSA) is 55.4 Å². The summed E-state index contributed by atoms with van der Waals surface area (Å²) in [5, 5.41) is 3.31. The maximum atomic E-state index is 12.0. The molecule has 1 atom stereocenters. The first-order valence-electron chi connectivity index (χ1n) is 7.26. The highest BCUT2D eigenvalue weighted by Crippen LogP contribution is 2.15. The molecule has 23 heavy (non-hydrogen) atoms. The van der Waals surface area contributed by atoms with Crippen molar-refractivity contribution < 1.29 is 14.3 Å². The summed E-state index contributed by atoms with van der Waals surface area (Å²) in [7, 11) is 0. The summed E-state index contributed by atoms with van der Waals surface area (Å²) in [4.78, 5) is 23.7. The summed E-state index contributed by atoms with van der Waals surface area (Å²) < 4.78 is 5.37. The molecule has 0 aliphatic carbocycles. The van der Waals surface area contributed by atoms with Crippen molar-refractivity contribution in [2.24, 2.45) is 0 Å². The predicted octanol–water partition coefficient (Wildman–Crippen LogP) is 3.04. The molecule has 5 heteroatoms. The number of hydrogen-bond donors (Lipinski definition) is 1. The number of ether oxygens (including phenoxy) is 1. The largest absolute Gasteiger partial charge is 0.484 e. The Morgan fingerprint density at radius 1 is 1.09 bits per heavy atom. The minimum absolute atomic E-state index is 0.0892. The first-order chi connectivity index (χ1) is 11.0. The number of ketones is 1. The average Bonchev–Trinajstić information content (AvgIpc) is 2.54. The average molecular weight is 332 g/mol. The van der Waals surface area contributed by atoms with Crippen LogP contribution < -0.4 is 10.1 Å². The van der Waals surface area contributed by atoms with Crippen LogP contribution in [0.1, 0.15) is 12.5 Å². The highest BCUT2D eigenvalue weighted by molar-refractivity contribution is 6.30. The monoisotopic (exact) mass is 331 g/mol. The molecule has 0 bridgehead atoms. The van der Waals surface area contributed by atoms with Crippen molar-refractivity contribution in [3.05, 3.63) is 65.2 Å². The highest BCUT2D eigenvalue weighted by Gasteiger charge is 2.17. The molecule has 120 valence electrons. The van der Waals surface area contributed by atoms with Gasteiger partial charge in [0.15, 0.2) is 12.4 Å². The molecule has 2 rings (SSSR count). The van der Waals surface area contributed by atoms with Gasteiger partial charge in [0.25, 0.3) is 5.91 Å². The van der Waals surface area contributed by atoms with Crippen LogP contribution >= 0.6 is 11.6 Å². The maximum Gasteiger partial charge on any atom is 0.258 e. The van der Waals surface area contributed by atoms with Crippen molar-refractivity contribution in [1.82, 2.24) is 5.32 Å². The Balaban J connectivity index is 1.88. The van der Waals surface area contributed by atoms with Crippen molar-refractivity contribution in [2.45, 2.75) is 19.4 Å². The lowest BCUT2D eigenvalue weighted by Gasteiger charge is -2.16. The molecular weight excluding hydrogens is 314 g/mol. The second-order valence-electron chi connectivity index (χ2n) is 5.16. The number of halogens is 1. The van der Waals surface area contributed by atoms with Gasteiger partial charge in [0.05, 0.1) is 6.04 Å². The Morgan fingerprint density at radius 3 is 2.35 bits per heavy atom. The van der Waals surface area contributed by atoms with Gasteiger partial charge in [0, 0.05) is 5.02 Å². The van der Waals surface area contributed by atoms with Gasteiger partial charge in [-0.25, -0.2) is 0 Å². The Hall–Kier alpha value is -2.33. The van der Waals surface area contributed by atoms with Crippen molar-refractivity contribution >= 4 is 23.3 Å². The molecule has 0 spiro atoms. The third kappa shape index (κ3) is 5.75. The number of amides is 1. The van der Waals surface area contributed by atoms with Gasteiger partial charge < -0.3 is 10.1 Å². The lowest BCUT2D eigenvalue weighted by Crippen LogP contribution is -2.43.